The molecule has 0 saturated carbocycles. The molecular formula is C36H46N6O4. The molecule has 0 atom stereocenters. The monoisotopic (exact) mass is 626 g/mol. The van der Waals surface area contributed by atoms with Crippen LogP contribution in [0, 0.1) is 0 Å². The van der Waals surface area contributed by atoms with Gasteiger partial charge in [0.1, 0.15) is 6.10 Å². The molecular weight excluding hydrogens is 580 g/mol. The normalized spacial score (nSPS) is 16.6. The zero-order valence-electron chi connectivity index (χ0n) is 26.9. The van der Waals surface area contributed by atoms with Gasteiger partial charge in [-0.3, -0.25) is 15.0 Å². The Bertz CT molecular complexity index is 1460. The summed E-state index contributed by atoms with van der Waals surface area (Å²) in [4.78, 5) is 43.4. The lowest BCUT2D eigenvalue weighted by Gasteiger charge is -2.44. The lowest BCUT2D eigenvalue weighted by Crippen LogP contribution is -2.55. The largest absolute Gasteiger partial charge is 0.446 e. The maximum Gasteiger partial charge on any atom is 0.411 e. The fourth-order valence-corrected chi connectivity index (χ4v) is 6.28. The van der Waals surface area contributed by atoms with Crippen molar-refractivity contribution in [1.29, 1.82) is 0 Å². The molecule has 2 aliphatic rings. The Morgan fingerprint density at radius 3 is 2.17 bits per heavy atom. The smallest absolute Gasteiger partial charge is 0.411 e. The Morgan fingerprint density at radius 2 is 1.50 bits per heavy atom. The molecule has 3 aromatic carbocycles. The minimum atomic E-state index is -0.429. The van der Waals surface area contributed by atoms with Crippen molar-refractivity contribution in [2.24, 2.45) is 5.73 Å². The molecule has 0 radical (unpaired) electrons. The van der Waals surface area contributed by atoms with Crippen LogP contribution in [0.1, 0.15) is 42.6 Å². The average Bonchev–Trinajstić information content (AvgIpc) is 3.08. The Morgan fingerprint density at radius 1 is 0.848 bits per heavy atom. The van der Waals surface area contributed by atoms with E-state index in [0.29, 0.717) is 25.2 Å². The van der Waals surface area contributed by atoms with Gasteiger partial charge in [-0.25, -0.2) is 9.59 Å². The molecule has 4 N–H and O–H groups in total. The van der Waals surface area contributed by atoms with E-state index in [9.17, 15) is 14.4 Å². The molecule has 0 unspecified atom stereocenters. The molecule has 0 aromatic heterocycles. The van der Waals surface area contributed by atoms with Crippen LogP contribution in [0.25, 0.3) is 11.1 Å². The molecule has 46 heavy (non-hydrogen) atoms. The first-order chi connectivity index (χ1) is 22.2. The van der Waals surface area contributed by atoms with Gasteiger partial charge in [0, 0.05) is 69.0 Å². The fourth-order valence-electron chi connectivity index (χ4n) is 6.28. The molecule has 5 rings (SSSR count). The number of rotatable bonds is 11. The predicted octanol–water partition coefficient (Wildman–Crippen LogP) is 4.77. The average molecular weight is 627 g/mol. The van der Waals surface area contributed by atoms with E-state index >= 15 is 0 Å². The highest BCUT2D eigenvalue weighted by Gasteiger charge is 2.32. The van der Waals surface area contributed by atoms with Crippen molar-refractivity contribution in [3.63, 3.8) is 0 Å². The molecule has 0 bridgehead atoms. The van der Waals surface area contributed by atoms with Crippen LogP contribution in [-0.2, 0) is 10.3 Å². The first kappa shape index (κ1) is 33.1. The standard InChI is InChI=1S/C36H46N6O4/c1-36(2,42-24-22-41(23-25-42)34(37)44)29-14-12-28(13-15-29)33(43)26-38-18-21-40-19-16-30(17-20-40)46-35(45)39-32-11-7-6-10-31(32)27-8-4-3-5-9-27/h3-15,30,38H,16-26H2,1-2H3,(H2,37,44)(H,39,45). The quantitative estimate of drug-likeness (QED) is 0.207. The van der Waals surface area contributed by atoms with Crippen LogP contribution in [0.2, 0.25) is 0 Å². The molecule has 2 fully saturated rings. The number of amides is 3. The van der Waals surface area contributed by atoms with Crippen molar-refractivity contribution in [2.45, 2.75) is 38.3 Å². The van der Waals surface area contributed by atoms with Gasteiger partial charge >= 0.3 is 12.1 Å². The molecule has 3 amide bonds. The van der Waals surface area contributed by atoms with Gasteiger partial charge < -0.3 is 25.6 Å². The number of hydrogen-bond donors (Lipinski definition) is 3. The fraction of sp³-hybridized carbons (Fsp3) is 0.417. The molecule has 2 heterocycles. The molecule has 244 valence electrons. The van der Waals surface area contributed by atoms with Crippen LogP contribution in [0.15, 0.2) is 78.9 Å². The number of ketones is 1. The van der Waals surface area contributed by atoms with Gasteiger partial charge in [-0.15, -0.1) is 0 Å². The first-order valence-electron chi connectivity index (χ1n) is 16.2. The number of anilines is 1. The van der Waals surface area contributed by atoms with Crippen LogP contribution < -0.4 is 16.4 Å². The van der Waals surface area contributed by atoms with Gasteiger partial charge in [0.15, 0.2) is 5.78 Å². The number of piperidine rings is 1. The number of piperazine rings is 1. The van der Waals surface area contributed by atoms with Crippen LogP contribution in [0.4, 0.5) is 15.3 Å². The summed E-state index contributed by atoms with van der Waals surface area (Å²) in [6, 6.07) is 25.2. The van der Waals surface area contributed by atoms with Crippen LogP contribution >= 0.6 is 0 Å². The minimum absolute atomic E-state index is 0.0615. The van der Waals surface area contributed by atoms with Gasteiger partial charge in [-0.2, -0.15) is 0 Å². The van der Waals surface area contributed by atoms with E-state index in [1.54, 1.807) is 4.90 Å². The number of para-hydroxylation sites is 1. The number of carbonyl (C=O) groups excluding carboxylic acids is 3. The van der Waals surface area contributed by atoms with Crippen LogP contribution in [0.3, 0.4) is 0 Å². The Balaban J connectivity index is 0.991. The van der Waals surface area contributed by atoms with Gasteiger partial charge in [0.05, 0.1) is 12.2 Å². The van der Waals surface area contributed by atoms with E-state index in [4.69, 9.17) is 10.5 Å². The van der Waals surface area contributed by atoms with Gasteiger partial charge in [0.25, 0.3) is 0 Å². The van der Waals surface area contributed by atoms with Crippen molar-refractivity contribution in [1.82, 2.24) is 20.0 Å². The second-order valence-corrected chi connectivity index (χ2v) is 12.5. The maximum atomic E-state index is 12.8. The van der Waals surface area contributed by atoms with Crippen molar-refractivity contribution in [2.75, 3.05) is 64.2 Å². The number of benzene rings is 3. The number of likely N-dealkylation sites (tertiary alicyclic amines) is 1. The molecule has 10 heteroatoms. The summed E-state index contributed by atoms with van der Waals surface area (Å²) in [5, 5.41) is 6.22. The number of hydrogen-bond acceptors (Lipinski definition) is 7. The molecule has 3 aromatic rings. The van der Waals surface area contributed by atoms with Crippen molar-refractivity contribution in [3.05, 3.63) is 90.0 Å². The second kappa shape index (κ2) is 15.4. The van der Waals surface area contributed by atoms with E-state index in [1.165, 1.54) is 0 Å². The summed E-state index contributed by atoms with van der Waals surface area (Å²) in [7, 11) is 0. The summed E-state index contributed by atoms with van der Waals surface area (Å²) in [6.07, 6.45) is 0.996. The predicted molar refractivity (Wildman–Crippen MR) is 181 cm³/mol. The van der Waals surface area contributed by atoms with E-state index < -0.39 is 6.09 Å². The number of nitrogens with zero attached hydrogens (tertiary/aromatic N) is 3. The third kappa shape index (κ3) is 8.51. The van der Waals surface area contributed by atoms with Crippen molar-refractivity contribution >= 4 is 23.6 Å². The third-order valence-corrected chi connectivity index (χ3v) is 9.24. The lowest BCUT2D eigenvalue weighted by molar-refractivity contribution is 0.0593. The van der Waals surface area contributed by atoms with E-state index in [2.05, 4.69) is 34.3 Å². The zero-order valence-corrected chi connectivity index (χ0v) is 26.9. The van der Waals surface area contributed by atoms with Gasteiger partial charge in [-0.05, 0) is 43.9 Å². The van der Waals surface area contributed by atoms with Crippen LogP contribution in [0.5, 0.6) is 0 Å². The first-order valence-corrected chi connectivity index (χ1v) is 16.2. The zero-order chi connectivity index (χ0) is 32.5. The van der Waals surface area contributed by atoms with Gasteiger partial charge in [-0.1, -0.05) is 72.8 Å². The molecule has 2 saturated heterocycles. The van der Waals surface area contributed by atoms with E-state index in [1.807, 2.05) is 78.9 Å². The number of carbonyl (C=O) groups is 3. The number of nitrogens with one attached hydrogen (secondary N) is 2. The van der Waals surface area contributed by atoms with Crippen molar-refractivity contribution in [3.8, 4) is 11.1 Å². The van der Waals surface area contributed by atoms with Crippen LogP contribution in [-0.4, -0.2) is 97.6 Å². The third-order valence-electron chi connectivity index (χ3n) is 9.24. The molecule has 2 aliphatic heterocycles. The second-order valence-electron chi connectivity index (χ2n) is 12.5. The highest BCUT2D eigenvalue weighted by Crippen LogP contribution is 2.30. The topological polar surface area (TPSA) is 120 Å². The number of primary amides is 1. The number of urea groups is 1. The summed E-state index contributed by atoms with van der Waals surface area (Å²) in [5.74, 6) is 0.0615. The number of nitrogens with two attached hydrogens (primary N) is 1. The summed E-state index contributed by atoms with van der Waals surface area (Å²) in [6.45, 7) is 10.6. The summed E-state index contributed by atoms with van der Waals surface area (Å²) >= 11 is 0. The maximum absolute atomic E-state index is 12.8. The highest BCUT2D eigenvalue weighted by molar-refractivity contribution is 5.97. The SMILES string of the molecule is CC(C)(c1ccc(C(=O)CNCCN2CCC(OC(=O)Nc3ccccc3-c3ccccc3)CC2)cc1)N1CCN(C(N)=O)CC1. The summed E-state index contributed by atoms with van der Waals surface area (Å²) < 4.78 is 5.76. The molecule has 10 nitrogen and oxygen atoms in total. The van der Waals surface area contributed by atoms with E-state index in [-0.39, 0.29) is 30.0 Å². The van der Waals surface area contributed by atoms with E-state index in [0.717, 1.165) is 67.9 Å². The molecule has 0 aliphatic carbocycles. The Kier molecular flexibility index (Phi) is 11.1. The Hall–Kier alpha value is -4.25. The number of ether oxygens (including phenoxy) is 1. The summed E-state index contributed by atoms with van der Waals surface area (Å²) in [5.41, 5.74) is 9.74. The highest BCUT2D eigenvalue weighted by atomic mass is 16.6. The Labute approximate surface area is 271 Å². The number of Topliss-reactive ketones (excluding diaryl/α,β-unsaturated/α-hetero) is 1. The van der Waals surface area contributed by atoms with Crippen molar-refractivity contribution < 1.29 is 19.1 Å². The minimum Gasteiger partial charge on any atom is -0.446 e. The lowest BCUT2D eigenvalue weighted by atomic mass is 9.90. The van der Waals surface area contributed by atoms with Gasteiger partial charge in [0.2, 0.25) is 0 Å². The molecule has 0 spiro atoms.